The molecule has 1 atom stereocenters. The fraction of sp³-hybridized carbons (Fsp3) is 0.273. The van der Waals surface area contributed by atoms with Gasteiger partial charge in [-0.2, -0.15) is 0 Å². The smallest absolute Gasteiger partial charge is 0.353 e. The highest BCUT2D eigenvalue weighted by molar-refractivity contribution is 7.12. The van der Waals surface area contributed by atoms with Gasteiger partial charge in [-0.25, -0.2) is 4.79 Å². The Morgan fingerprint density at radius 2 is 1.75 bits per heavy atom. The Bertz CT molecular complexity index is 1010. The quantitative estimate of drug-likeness (QED) is 0.394. The zero-order valence-corrected chi connectivity index (χ0v) is 17.6. The molecule has 3 heterocycles. The number of benzene rings is 1. The van der Waals surface area contributed by atoms with Crippen LogP contribution in [0.1, 0.15) is 58.0 Å². The van der Waals surface area contributed by atoms with Crippen LogP contribution in [0, 0.1) is 0 Å². The molecular formula is C22H21NO3S2. The van der Waals surface area contributed by atoms with Crippen molar-refractivity contribution in [1.82, 2.24) is 0 Å². The van der Waals surface area contributed by atoms with Crippen LogP contribution in [0.25, 0.3) is 0 Å². The van der Waals surface area contributed by atoms with Gasteiger partial charge in [0.1, 0.15) is 10.6 Å². The van der Waals surface area contributed by atoms with E-state index in [0.29, 0.717) is 10.6 Å². The zero-order chi connectivity index (χ0) is 19.9. The first-order valence-electron chi connectivity index (χ1n) is 9.14. The number of carbonyl (C=O) groups is 2. The van der Waals surface area contributed by atoms with E-state index in [0.717, 1.165) is 22.5 Å². The Kier molecular flexibility index (Phi) is 4.85. The highest BCUT2D eigenvalue weighted by atomic mass is 32.1. The van der Waals surface area contributed by atoms with E-state index < -0.39 is 0 Å². The first-order valence-corrected chi connectivity index (χ1v) is 10.9. The largest absolute Gasteiger partial charge is 0.422 e. The van der Waals surface area contributed by atoms with Crippen molar-refractivity contribution in [3.05, 3.63) is 68.5 Å². The number of carbonyl (C=O) groups excluding carboxylic acids is 2. The minimum absolute atomic E-state index is 0.0106. The van der Waals surface area contributed by atoms with Crippen molar-refractivity contribution < 1.29 is 14.3 Å². The predicted octanol–water partition coefficient (Wildman–Crippen LogP) is 5.96. The highest BCUT2D eigenvalue weighted by Crippen LogP contribution is 2.45. The molecule has 4 rings (SSSR count). The summed E-state index contributed by atoms with van der Waals surface area (Å²) in [5.41, 5.74) is 1.61. The lowest BCUT2D eigenvalue weighted by Gasteiger charge is -2.45. The number of hydrogen-bond acceptors (Lipinski definition) is 5. The van der Waals surface area contributed by atoms with Gasteiger partial charge in [0, 0.05) is 11.2 Å². The zero-order valence-electron chi connectivity index (χ0n) is 16.0. The van der Waals surface area contributed by atoms with Gasteiger partial charge in [0.2, 0.25) is 0 Å². The molecule has 3 aromatic rings. The number of thiophene rings is 2. The molecular weight excluding hydrogens is 390 g/mol. The van der Waals surface area contributed by atoms with Gasteiger partial charge in [-0.1, -0.05) is 19.1 Å². The van der Waals surface area contributed by atoms with E-state index in [1.165, 1.54) is 22.7 Å². The van der Waals surface area contributed by atoms with Gasteiger partial charge in [-0.15, -0.1) is 22.7 Å². The minimum Gasteiger partial charge on any atom is -0.422 e. The van der Waals surface area contributed by atoms with E-state index in [2.05, 4.69) is 20.8 Å². The SMILES string of the molecule is C[C@H]1CC(C)(C)N(C(=O)c2cccs2)c2ccc(OC(=O)c3cccs3)cc21. The van der Waals surface area contributed by atoms with Crippen LogP contribution in [-0.4, -0.2) is 17.4 Å². The number of nitrogens with zero attached hydrogens (tertiary/aromatic N) is 1. The summed E-state index contributed by atoms with van der Waals surface area (Å²) >= 11 is 2.81. The maximum Gasteiger partial charge on any atom is 0.353 e. The lowest BCUT2D eigenvalue weighted by molar-refractivity contribution is 0.0739. The van der Waals surface area contributed by atoms with E-state index >= 15 is 0 Å². The van der Waals surface area contributed by atoms with Gasteiger partial charge < -0.3 is 9.64 Å². The van der Waals surface area contributed by atoms with E-state index in [-0.39, 0.29) is 23.3 Å². The summed E-state index contributed by atoms with van der Waals surface area (Å²) in [7, 11) is 0. The second-order valence-corrected chi connectivity index (χ2v) is 9.52. The van der Waals surface area contributed by atoms with Crippen molar-refractivity contribution in [2.75, 3.05) is 4.90 Å². The lowest BCUT2D eigenvalue weighted by Crippen LogP contribution is -2.51. The number of ether oxygens (including phenoxy) is 1. The van der Waals surface area contributed by atoms with Gasteiger partial charge in [0.05, 0.1) is 4.88 Å². The molecule has 0 N–H and O–H groups in total. The molecule has 1 aliphatic rings. The van der Waals surface area contributed by atoms with Gasteiger partial charge in [0.15, 0.2) is 0 Å². The highest BCUT2D eigenvalue weighted by Gasteiger charge is 2.40. The third-order valence-electron chi connectivity index (χ3n) is 5.05. The second-order valence-electron chi connectivity index (χ2n) is 7.62. The molecule has 2 aromatic heterocycles. The topological polar surface area (TPSA) is 46.6 Å². The summed E-state index contributed by atoms with van der Waals surface area (Å²) in [6.45, 7) is 6.35. The Hall–Kier alpha value is -2.44. The van der Waals surface area contributed by atoms with E-state index in [4.69, 9.17) is 4.74 Å². The number of anilines is 1. The molecule has 4 nitrogen and oxygen atoms in total. The first kappa shape index (κ1) is 18.9. The normalized spacial score (nSPS) is 17.8. The average molecular weight is 412 g/mol. The maximum atomic E-state index is 13.2. The fourth-order valence-electron chi connectivity index (χ4n) is 3.92. The van der Waals surface area contributed by atoms with Gasteiger partial charge >= 0.3 is 5.97 Å². The molecule has 144 valence electrons. The minimum atomic E-state index is -0.356. The van der Waals surface area contributed by atoms with Crippen LogP contribution in [0.4, 0.5) is 5.69 Å². The van der Waals surface area contributed by atoms with Crippen LogP contribution < -0.4 is 9.64 Å². The van der Waals surface area contributed by atoms with E-state index in [1.54, 1.807) is 12.1 Å². The molecule has 28 heavy (non-hydrogen) atoms. The molecule has 0 aliphatic carbocycles. The average Bonchev–Trinajstić information content (AvgIpc) is 3.35. The standard InChI is InChI=1S/C22H21NO3S2/c1-14-13-22(2,3)23(20(24)18-6-4-10-27-18)17-9-8-15(12-16(14)17)26-21(25)19-7-5-11-28-19/h4-12,14H,13H2,1-3H3/t14-/m0/s1. The van der Waals surface area contributed by atoms with E-state index in [1.807, 2.05) is 46.0 Å². The van der Waals surface area contributed by atoms with Crippen LogP contribution in [0.2, 0.25) is 0 Å². The summed E-state index contributed by atoms with van der Waals surface area (Å²) in [5, 5.41) is 3.77. The Labute approximate surface area is 172 Å². The summed E-state index contributed by atoms with van der Waals surface area (Å²) in [6.07, 6.45) is 0.833. The Balaban J connectivity index is 1.70. The summed E-state index contributed by atoms with van der Waals surface area (Å²) < 4.78 is 5.56. The molecule has 1 amide bonds. The van der Waals surface area contributed by atoms with Crippen LogP contribution in [0.15, 0.2) is 53.2 Å². The molecule has 0 radical (unpaired) electrons. The first-order chi connectivity index (χ1) is 13.4. The summed E-state index contributed by atoms with van der Waals surface area (Å²) in [4.78, 5) is 28.7. The predicted molar refractivity (Wildman–Crippen MR) is 114 cm³/mol. The van der Waals surface area contributed by atoms with Gasteiger partial charge in [-0.3, -0.25) is 4.79 Å². The fourth-order valence-corrected chi connectivity index (χ4v) is 5.17. The number of hydrogen-bond donors (Lipinski definition) is 0. The molecule has 0 unspecified atom stereocenters. The van der Waals surface area contributed by atoms with Gasteiger partial charge in [-0.05, 0) is 72.8 Å². The van der Waals surface area contributed by atoms with Crippen LogP contribution >= 0.6 is 22.7 Å². The van der Waals surface area contributed by atoms with Crippen LogP contribution in [0.5, 0.6) is 5.75 Å². The summed E-state index contributed by atoms with van der Waals surface area (Å²) in [6, 6.07) is 12.9. The second kappa shape index (κ2) is 7.18. The van der Waals surface area contributed by atoms with Crippen LogP contribution in [-0.2, 0) is 0 Å². The molecule has 0 saturated heterocycles. The number of amides is 1. The molecule has 0 saturated carbocycles. The molecule has 0 bridgehead atoms. The molecule has 6 heteroatoms. The number of esters is 1. The maximum absolute atomic E-state index is 13.2. The van der Waals surface area contributed by atoms with Crippen molar-refractivity contribution in [3.8, 4) is 5.75 Å². The van der Waals surface area contributed by atoms with Crippen molar-refractivity contribution in [1.29, 1.82) is 0 Å². The van der Waals surface area contributed by atoms with Crippen LogP contribution in [0.3, 0.4) is 0 Å². The lowest BCUT2D eigenvalue weighted by atomic mass is 9.80. The summed E-state index contributed by atoms with van der Waals surface area (Å²) in [5.74, 6) is 0.409. The molecule has 1 aromatic carbocycles. The van der Waals surface area contributed by atoms with E-state index in [9.17, 15) is 9.59 Å². The van der Waals surface area contributed by atoms with Crippen molar-refractivity contribution in [2.45, 2.75) is 38.6 Å². The molecule has 0 spiro atoms. The van der Waals surface area contributed by atoms with Gasteiger partial charge in [0.25, 0.3) is 5.91 Å². The van der Waals surface area contributed by atoms with Crippen molar-refractivity contribution in [3.63, 3.8) is 0 Å². The third-order valence-corrected chi connectivity index (χ3v) is 6.76. The third kappa shape index (κ3) is 3.38. The molecule has 1 aliphatic heterocycles. The monoisotopic (exact) mass is 411 g/mol. The number of rotatable bonds is 3. The Morgan fingerprint density at radius 1 is 1.07 bits per heavy atom. The van der Waals surface area contributed by atoms with Crippen molar-refractivity contribution in [2.24, 2.45) is 0 Å². The number of fused-ring (bicyclic) bond motifs is 1. The Morgan fingerprint density at radius 3 is 2.39 bits per heavy atom. The van der Waals surface area contributed by atoms with Crippen molar-refractivity contribution >= 4 is 40.2 Å². The molecule has 0 fully saturated rings.